The first kappa shape index (κ1) is 16.6. The van der Waals surface area contributed by atoms with Crippen LogP contribution in [0.4, 0.5) is 0 Å². The van der Waals surface area contributed by atoms with E-state index in [1.54, 1.807) is 0 Å². The Labute approximate surface area is 134 Å². The van der Waals surface area contributed by atoms with E-state index in [9.17, 15) is 0 Å². The Kier molecular flexibility index (Phi) is 5.25. The molecule has 118 valence electrons. The van der Waals surface area contributed by atoms with Gasteiger partial charge in [-0.1, -0.05) is 62.7 Å². The van der Waals surface area contributed by atoms with Crippen LogP contribution in [0.3, 0.4) is 0 Å². The molecule has 0 aliphatic heterocycles. The van der Waals surface area contributed by atoms with Crippen LogP contribution in [-0.4, -0.2) is 6.61 Å². The van der Waals surface area contributed by atoms with Gasteiger partial charge in [-0.3, -0.25) is 0 Å². The molecule has 2 nitrogen and oxygen atoms in total. The highest BCUT2D eigenvalue weighted by Gasteiger charge is 2.11. The fraction of sp³-hybridized carbons (Fsp3) is 0.400. The third kappa shape index (κ3) is 5.19. The van der Waals surface area contributed by atoms with E-state index in [0.717, 1.165) is 17.7 Å². The summed E-state index contributed by atoms with van der Waals surface area (Å²) in [5.41, 5.74) is 10.2. The first-order valence-electron chi connectivity index (χ1n) is 7.87. The fourth-order valence-corrected chi connectivity index (χ4v) is 2.41. The van der Waals surface area contributed by atoms with Crippen LogP contribution in [0.15, 0.2) is 48.5 Å². The van der Waals surface area contributed by atoms with Crippen molar-refractivity contribution in [2.45, 2.75) is 40.2 Å². The van der Waals surface area contributed by atoms with Gasteiger partial charge in [0.05, 0.1) is 6.04 Å². The second kappa shape index (κ2) is 6.97. The van der Waals surface area contributed by atoms with Crippen molar-refractivity contribution >= 4 is 0 Å². The molecule has 0 aliphatic rings. The van der Waals surface area contributed by atoms with Crippen LogP contribution in [0.5, 0.6) is 5.75 Å². The number of hydrogen-bond donors (Lipinski definition) is 1. The Morgan fingerprint density at radius 2 is 1.55 bits per heavy atom. The zero-order chi connectivity index (χ0) is 16.2. The van der Waals surface area contributed by atoms with Crippen LogP contribution < -0.4 is 10.5 Å². The van der Waals surface area contributed by atoms with Crippen molar-refractivity contribution in [2.75, 3.05) is 6.61 Å². The van der Waals surface area contributed by atoms with E-state index < -0.39 is 0 Å². The maximum atomic E-state index is 6.18. The van der Waals surface area contributed by atoms with Gasteiger partial charge in [0.25, 0.3) is 0 Å². The predicted octanol–water partition coefficient (Wildman–Crippen LogP) is 4.66. The topological polar surface area (TPSA) is 35.2 Å². The second-order valence-corrected chi connectivity index (χ2v) is 7.21. The van der Waals surface area contributed by atoms with E-state index >= 15 is 0 Å². The quantitative estimate of drug-likeness (QED) is 0.871. The van der Waals surface area contributed by atoms with Crippen molar-refractivity contribution in [1.82, 2.24) is 0 Å². The lowest BCUT2D eigenvalue weighted by atomic mass is 9.88. The number of aryl methyl sites for hydroxylation is 1. The molecule has 2 aromatic carbocycles. The van der Waals surface area contributed by atoms with Gasteiger partial charge in [0.2, 0.25) is 0 Å². The Bertz CT molecular complexity index is 579. The molecule has 0 aliphatic carbocycles. The molecule has 2 heteroatoms. The Balaban J connectivity index is 1.90. The van der Waals surface area contributed by atoms with Gasteiger partial charge in [-0.15, -0.1) is 0 Å². The summed E-state index contributed by atoms with van der Waals surface area (Å²) < 4.78 is 5.81. The van der Waals surface area contributed by atoms with Gasteiger partial charge in [0, 0.05) is 0 Å². The predicted molar refractivity (Wildman–Crippen MR) is 93.2 cm³/mol. The molecule has 0 saturated carbocycles. The molecule has 2 rings (SSSR count). The molecule has 1 unspecified atom stereocenters. The van der Waals surface area contributed by atoms with E-state index in [1.165, 1.54) is 11.1 Å². The molecule has 0 fully saturated rings. The summed E-state index contributed by atoms with van der Waals surface area (Å²) in [6, 6.07) is 16.5. The minimum Gasteiger partial charge on any atom is -0.492 e. The highest BCUT2D eigenvalue weighted by molar-refractivity contribution is 5.28. The van der Waals surface area contributed by atoms with Gasteiger partial charge in [0.1, 0.15) is 12.4 Å². The van der Waals surface area contributed by atoms with E-state index in [4.69, 9.17) is 10.5 Å². The smallest absolute Gasteiger partial charge is 0.119 e. The molecular weight excluding hydrogens is 270 g/mol. The third-order valence-electron chi connectivity index (χ3n) is 3.59. The zero-order valence-electron chi connectivity index (χ0n) is 14.1. The van der Waals surface area contributed by atoms with Gasteiger partial charge >= 0.3 is 0 Å². The fourth-order valence-electron chi connectivity index (χ4n) is 2.41. The maximum Gasteiger partial charge on any atom is 0.119 e. The number of nitrogens with two attached hydrogens (primary N) is 1. The van der Waals surface area contributed by atoms with Gasteiger partial charge in [-0.2, -0.15) is 0 Å². The van der Waals surface area contributed by atoms with Gasteiger partial charge < -0.3 is 10.5 Å². The summed E-state index contributed by atoms with van der Waals surface area (Å²) in [6.07, 6.45) is 1.07. The molecule has 0 radical (unpaired) electrons. The van der Waals surface area contributed by atoms with Crippen molar-refractivity contribution in [2.24, 2.45) is 11.1 Å². The molecule has 2 aromatic rings. The van der Waals surface area contributed by atoms with Crippen LogP contribution in [0, 0.1) is 12.3 Å². The van der Waals surface area contributed by atoms with Crippen LogP contribution in [0.2, 0.25) is 0 Å². The summed E-state index contributed by atoms with van der Waals surface area (Å²) in [7, 11) is 0. The van der Waals surface area contributed by atoms with Crippen molar-refractivity contribution in [1.29, 1.82) is 0 Å². The molecule has 0 amide bonds. The molecule has 2 N–H and O–H groups in total. The summed E-state index contributed by atoms with van der Waals surface area (Å²) in [6.45, 7) is 9.31. The molecule has 0 saturated heterocycles. The number of hydrogen-bond acceptors (Lipinski definition) is 2. The van der Waals surface area contributed by atoms with Gasteiger partial charge in [0.15, 0.2) is 0 Å². The van der Waals surface area contributed by atoms with Gasteiger partial charge in [-0.25, -0.2) is 0 Å². The Morgan fingerprint density at radius 1 is 0.955 bits per heavy atom. The normalized spacial score (nSPS) is 13.0. The minimum atomic E-state index is -0.102. The first-order chi connectivity index (χ1) is 10.3. The largest absolute Gasteiger partial charge is 0.492 e. The van der Waals surface area contributed by atoms with Crippen LogP contribution >= 0.6 is 0 Å². The molecule has 1 atom stereocenters. The van der Waals surface area contributed by atoms with Crippen molar-refractivity contribution in [3.8, 4) is 5.75 Å². The van der Waals surface area contributed by atoms with Crippen molar-refractivity contribution in [3.05, 3.63) is 65.2 Å². The van der Waals surface area contributed by atoms with Crippen molar-refractivity contribution < 1.29 is 4.74 Å². The first-order valence-corrected chi connectivity index (χ1v) is 7.87. The Hall–Kier alpha value is -1.80. The summed E-state index contributed by atoms with van der Waals surface area (Å²) >= 11 is 0. The SMILES string of the molecule is Cc1ccc(C(N)COc2ccc(CC(C)(C)C)cc2)cc1. The average molecular weight is 297 g/mol. The maximum absolute atomic E-state index is 6.18. The van der Waals surface area contributed by atoms with E-state index in [2.05, 4.69) is 64.1 Å². The van der Waals surface area contributed by atoms with E-state index in [1.807, 2.05) is 12.1 Å². The molecule has 0 bridgehead atoms. The van der Waals surface area contributed by atoms with Gasteiger partial charge in [-0.05, 0) is 42.0 Å². The number of benzene rings is 2. The molecular formula is C20H27NO. The van der Waals surface area contributed by atoms with E-state index in [0.29, 0.717) is 12.0 Å². The molecule has 0 heterocycles. The second-order valence-electron chi connectivity index (χ2n) is 7.21. The highest BCUT2D eigenvalue weighted by Crippen LogP contribution is 2.22. The van der Waals surface area contributed by atoms with Crippen molar-refractivity contribution in [3.63, 3.8) is 0 Å². The van der Waals surface area contributed by atoms with E-state index in [-0.39, 0.29) is 6.04 Å². The highest BCUT2D eigenvalue weighted by atomic mass is 16.5. The number of ether oxygens (including phenoxy) is 1. The lowest BCUT2D eigenvalue weighted by molar-refractivity contribution is 0.290. The zero-order valence-corrected chi connectivity index (χ0v) is 14.1. The number of rotatable bonds is 5. The lowest BCUT2D eigenvalue weighted by Crippen LogP contribution is -2.19. The standard InChI is InChI=1S/C20H27NO/c1-15-5-9-17(10-6-15)19(21)14-22-18-11-7-16(8-12-18)13-20(2,3)4/h5-12,19H,13-14,21H2,1-4H3. The Morgan fingerprint density at radius 3 is 2.09 bits per heavy atom. The average Bonchev–Trinajstić information content (AvgIpc) is 2.45. The molecule has 0 spiro atoms. The summed E-state index contributed by atoms with van der Waals surface area (Å²) in [4.78, 5) is 0. The molecule has 0 aromatic heterocycles. The third-order valence-corrected chi connectivity index (χ3v) is 3.59. The van der Waals surface area contributed by atoms with Crippen LogP contribution in [0.25, 0.3) is 0 Å². The van der Waals surface area contributed by atoms with Crippen LogP contribution in [0.1, 0.15) is 43.5 Å². The van der Waals surface area contributed by atoms with Crippen LogP contribution in [-0.2, 0) is 6.42 Å². The molecule has 22 heavy (non-hydrogen) atoms. The summed E-state index contributed by atoms with van der Waals surface area (Å²) in [5.74, 6) is 0.875. The minimum absolute atomic E-state index is 0.102. The summed E-state index contributed by atoms with van der Waals surface area (Å²) in [5, 5.41) is 0. The monoisotopic (exact) mass is 297 g/mol. The lowest BCUT2D eigenvalue weighted by Gasteiger charge is -2.18.